The van der Waals surface area contributed by atoms with E-state index < -0.39 is 0 Å². The Labute approximate surface area is 302 Å². The summed E-state index contributed by atoms with van der Waals surface area (Å²) in [6, 6.07) is 0. The van der Waals surface area contributed by atoms with Crippen molar-refractivity contribution in [1.82, 2.24) is 0 Å². The lowest BCUT2D eigenvalue weighted by molar-refractivity contribution is -0.0262. The fourth-order valence-corrected chi connectivity index (χ4v) is 4.85. The smallest absolute Gasteiger partial charge is 0.0701 e. The SMILES string of the molecule is CCCCCCCCCCCCCCCCOCCOCCOCCOCCOCCOCCOCCOCCOCCOCCI. The largest absolute Gasteiger partial charge is 0.379 e. The fraction of sp³-hybridized carbons (Fsp3) is 1.00. The lowest BCUT2D eigenvalue weighted by atomic mass is 10.0. The quantitative estimate of drug-likeness (QED) is 0.0363. The van der Waals surface area contributed by atoms with Crippen molar-refractivity contribution in [3.8, 4) is 0 Å². The summed E-state index contributed by atoms with van der Waals surface area (Å²) in [6.45, 7) is 14.1. The van der Waals surface area contributed by atoms with Gasteiger partial charge in [-0.15, -0.1) is 0 Å². The molecule has 0 heterocycles. The molecule has 0 aromatic heterocycles. The second kappa shape index (κ2) is 46.3. The summed E-state index contributed by atoms with van der Waals surface area (Å²) in [5.41, 5.74) is 0. The highest BCUT2D eigenvalue weighted by atomic mass is 127. The molecular formula is C36H73IO10. The molecule has 284 valence electrons. The van der Waals surface area contributed by atoms with Crippen LogP contribution in [-0.4, -0.2) is 137 Å². The zero-order valence-corrected chi connectivity index (χ0v) is 32.4. The molecular weight excluding hydrogens is 719 g/mol. The predicted octanol–water partition coefficient (Wildman–Crippen LogP) is 7.07. The van der Waals surface area contributed by atoms with Gasteiger partial charge in [0.05, 0.1) is 126 Å². The van der Waals surface area contributed by atoms with Crippen molar-refractivity contribution in [3.63, 3.8) is 0 Å². The summed E-state index contributed by atoms with van der Waals surface area (Å²) in [4.78, 5) is 0. The third kappa shape index (κ3) is 46.3. The van der Waals surface area contributed by atoms with Crippen molar-refractivity contribution >= 4 is 22.6 Å². The van der Waals surface area contributed by atoms with Crippen LogP contribution in [0.5, 0.6) is 0 Å². The number of alkyl halides is 1. The molecule has 0 rings (SSSR count). The van der Waals surface area contributed by atoms with Gasteiger partial charge < -0.3 is 47.4 Å². The van der Waals surface area contributed by atoms with E-state index in [4.69, 9.17) is 47.4 Å². The van der Waals surface area contributed by atoms with Crippen LogP contribution in [0.4, 0.5) is 0 Å². The van der Waals surface area contributed by atoms with Crippen LogP contribution in [0.15, 0.2) is 0 Å². The van der Waals surface area contributed by atoms with E-state index in [1.807, 2.05) is 0 Å². The maximum atomic E-state index is 5.68. The zero-order chi connectivity index (χ0) is 33.8. The molecule has 0 aromatic rings. The number of hydrogen-bond donors (Lipinski definition) is 0. The maximum absolute atomic E-state index is 5.68. The van der Waals surface area contributed by atoms with Crippen molar-refractivity contribution in [2.75, 3.05) is 137 Å². The highest BCUT2D eigenvalue weighted by Gasteiger charge is 1.97. The first kappa shape index (κ1) is 47.3. The summed E-state index contributed by atoms with van der Waals surface area (Å²) in [5.74, 6) is 0. The molecule has 0 radical (unpaired) electrons. The van der Waals surface area contributed by atoms with Crippen molar-refractivity contribution in [3.05, 3.63) is 0 Å². The van der Waals surface area contributed by atoms with Gasteiger partial charge in [-0.1, -0.05) is 113 Å². The van der Waals surface area contributed by atoms with Crippen molar-refractivity contribution in [2.24, 2.45) is 0 Å². The predicted molar refractivity (Wildman–Crippen MR) is 197 cm³/mol. The highest BCUT2D eigenvalue weighted by molar-refractivity contribution is 14.1. The normalized spacial score (nSPS) is 11.6. The van der Waals surface area contributed by atoms with Crippen molar-refractivity contribution in [2.45, 2.75) is 96.8 Å². The summed E-state index contributed by atoms with van der Waals surface area (Å²) >= 11 is 2.28. The lowest BCUT2D eigenvalue weighted by Crippen LogP contribution is -2.15. The van der Waals surface area contributed by atoms with Gasteiger partial charge in [0.1, 0.15) is 0 Å². The minimum absolute atomic E-state index is 0.534. The minimum Gasteiger partial charge on any atom is -0.379 e. The Morgan fingerprint density at radius 2 is 0.426 bits per heavy atom. The second-order valence-electron chi connectivity index (χ2n) is 11.4. The van der Waals surface area contributed by atoms with E-state index >= 15 is 0 Å². The average molecular weight is 793 g/mol. The molecule has 0 unspecified atom stereocenters. The summed E-state index contributed by atoms with van der Waals surface area (Å²) < 4.78 is 56.0. The van der Waals surface area contributed by atoms with Crippen molar-refractivity contribution < 1.29 is 47.4 Å². The van der Waals surface area contributed by atoms with Gasteiger partial charge in [-0.05, 0) is 6.42 Å². The molecule has 0 aromatic carbocycles. The molecule has 0 N–H and O–H groups in total. The van der Waals surface area contributed by atoms with Gasteiger partial charge in [0.2, 0.25) is 0 Å². The molecule has 0 fully saturated rings. The highest BCUT2D eigenvalue weighted by Crippen LogP contribution is 2.13. The van der Waals surface area contributed by atoms with Crippen LogP contribution >= 0.6 is 22.6 Å². The van der Waals surface area contributed by atoms with E-state index in [0.717, 1.165) is 24.1 Å². The second-order valence-corrected chi connectivity index (χ2v) is 12.5. The molecule has 0 bridgehead atoms. The van der Waals surface area contributed by atoms with Crippen LogP contribution in [0.2, 0.25) is 0 Å². The Balaban J connectivity index is 3.03. The van der Waals surface area contributed by atoms with Gasteiger partial charge in [0.15, 0.2) is 0 Å². The Bertz CT molecular complexity index is 492. The topological polar surface area (TPSA) is 92.3 Å². The molecule has 0 saturated carbocycles. The Morgan fingerprint density at radius 1 is 0.234 bits per heavy atom. The van der Waals surface area contributed by atoms with Gasteiger partial charge in [-0.25, -0.2) is 0 Å². The average Bonchev–Trinajstić information content (AvgIpc) is 3.08. The zero-order valence-electron chi connectivity index (χ0n) is 30.2. The van der Waals surface area contributed by atoms with Gasteiger partial charge in [0.25, 0.3) is 0 Å². The van der Waals surface area contributed by atoms with E-state index in [2.05, 4.69) is 29.5 Å². The maximum Gasteiger partial charge on any atom is 0.0701 e. The number of unbranched alkanes of at least 4 members (excludes halogenated alkanes) is 13. The van der Waals surface area contributed by atoms with Crippen LogP contribution in [0.1, 0.15) is 96.8 Å². The molecule has 47 heavy (non-hydrogen) atoms. The lowest BCUT2D eigenvalue weighted by Gasteiger charge is -2.09. The first-order chi connectivity index (χ1) is 23.4. The van der Waals surface area contributed by atoms with Crippen LogP contribution < -0.4 is 0 Å². The van der Waals surface area contributed by atoms with E-state index in [-0.39, 0.29) is 0 Å². The van der Waals surface area contributed by atoms with E-state index in [1.54, 1.807) is 0 Å². The van der Waals surface area contributed by atoms with E-state index in [0.29, 0.717) is 119 Å². The Hall–Kier alpha value is 0.330. The van der Waals surface area contributed by atoms with E-state index in [9.17, 15) is 0 Å². The molecule has 0 aliphatic heterocycles. The van der Waals surface area contributed by atoms with Gasteiger partial charge in [-0.2, -0.15) is 0 Å². The molecule has 0 saturated heterocycles. The van der Waals surface area contributed by atoms with Gasteiger partial charge in [0, 0.05) is 11.0 Å². The van der Waals surface area contributed by atoms with Gasteiger partial charge >= 0.3 is 0 Å². The van der Waals surface area contributed by atoms with Crippen LogP contribution in [0.3, 0.4) is 0 Å². The molecule has 11 heteroatoms. The fourth-order valence-electron chi connectivity index (χ4n) is 4.53. The Morgan fingerprint density at radius 3 is 0.660 bits per heavy atom. The number of rotatable bonds is 44. The number of halogens is 1. The van der Waals surface area contributed by atoms with Gasteiger partial charge in [-0.3, -0.25) is 0 Å². The molecule has 0 aliphatic rings. The molecule has 0 amide bonds. The van der Waals surface area contributed by atoms with Crippen LogP contribution in [0, 0.1) is 0 Å². The monoisotopic (exact) mass is 792 g/mol. The molecule has 0 aliphatic carbocycles. The van der Waals surface area contributed by atoms with Crippen molar-refractivity contribution in [1.29, 1.82) is 0 Å². The first-order valence-electron chi connectivity index (χ1n) is 18.7. The third-order valence-electron chi connectivity index (χ3n) is 7.21. The standard InChI is InChI=1S/C36H73IO10/c1-2-3-4-5-6-7-8-9-10-11-12-13-14-15-17-38-19-21-40-23-25-42-27-29-44-31-33-46-35-36-47-34-32-45-30-28-43-26-24-41-22-20-39-18-16-37/h2-36H2,1H3. The molecule has 10 nitrogen and oxygen atoms in total. The van der Waals surface area contributed by atoms with Crippen LogP contribution in [0.25, 0.3) is 0 Å². The minimum atomic E-state index is 0.534. The summed E-state index contributed by atoms with van der Waals surface area (Å²) in [6.07, 6.45) is 19.3. The molecule has 0 spiro atoms. The first-order valence-corrected chi connectivity index (χ1v) is 20.3. The Kier molecular flexibility index (Phi) is 46.7. The number of ether oxygens (including phenoxy) is 10. The summed E-state index contributed by atoms with van der Waals surface area (Å²) in [7, 11) is 0. The third-order valence-corrected chi connectivity index (χ3v) is 7.65. The summed E-state index contributed by atoms with van der Waals surface area (Å²) in [5, 5.41) is 0. The van der Waals surface area contributed by atoms with E-state index in [1.165, 1.54) is 83.5 Å². The number of hydrogen-bond acceptors (Lipinski definition) is 10. The van der Waals surface area contributed by atoms with Crippen LogP contribution in [-0.2, 0) is 47.4 Å². The molecule has 0 atom stereocenters.